The van der Waals surface area contributed by atoms with Gasteiger partial charge in [-0.25, -0.2) is 9.50 Å². The van der Waals surface area contributed by atoms with E-state index in [-0.39, 0.29) is 5.41 Å². The number of nitrogens with zero attached hydrogens (tertiary/aromatic N) is 4. The highest BCUT2D eigenvalue weighted by Gasteiger charge is 2.52. The highest BCUT2D eigenvalue weighted by Crippen LogP contribution is 2.47. The van der Waals surface area contributed by atoms with Crippen molar-refractivity contribution in [2.45, 2.75) is 19.8 Å². The van der Waals surface area contributed by atoms with Crippen molar-refractivity contribution in [2.24, 2.45) is 5.41 Å². The van der Waals surface area contributed by atoms with Crippen LogP contribution in [-0.4, -0.2) is 33.5 Å². The molecule has 2 aromatic rings. The second kappa shape index (κ2) is 3.48. The molecule has 98 valence electrons. The maximum Gasteiger partial charge on any atom is 0.156 e. The van der Waals surface area contributed by atoms with Crippen molar-refractivity contribution in [1.82, 2.24) is 14.6 Å². The van der Waals surface area contributed by atoms with E-state index in [0.29, 0.717) is 10.9 Å². The van der Waals surface area contributed by atoms with E-state index >= 15 is 0 Å². The predicted octanol–water partition coefficient (Wildman–Crippen LogP) is 1.86. The van der Waals surface area contributed by atoms with Crippen LogP contribution in [-0.2, 0) is 4.79 Å². The first-order valence-corrected chi connectivity index (χ1v) is 6.71. The fraction of sp³-hybridized carbons (Fsp3) is 0.462. The molecule has 4 rings (SSSR count). The fourth-order valence-corrected chi connectivity index (χ4v) is 3.60. The van der Waals surface area contributed by atoms with Crippen LogP contribution in [0.3, 0.4) is 0 Å². The molecule has 5 nitrogen and oxygen atoms in total. The first-order valence-electron chi connectivity index (χ1n) is 6.34. The minimum atomic E-state index is 0.226. The summed E-state index contributed by atoms with van der Waals surface area (Å²) in [5, 5.41) is 4.78. The number of carbonyl (C=O) groups excluding carboxylic acids is 1. The Morgan fingerprint density at radius 3 is 2.79 bits per heavy atom. The molecule has 1 saturated heterocycles. The van der Waals surface area contributed by atoms with Gasteiger partial charge in [0.1, 0.15) is 22.8 Å². The number of ketones is 1. The van der Waals surface area contributed by atoms with E-state index in [1.807, 2.05) is 13.0 Å². The van der Waals surface area contributed by atoms with Crippen LogP contribution in [0.1, 0.15) is 18.4 Å². The van der Waals surface area contributed by atoms with E-state index in [1.54, 1.807) is 4.52 Å². The Morgan fingerprint density at radius 1 is 1.37 bits per heavy atom. The molecule has 1 aliphatic carbocycles. The van der Waals surface area contributed by atoms with E-state index in [2.05, 4.69) is 15.0 Å². The Kier molecular flexibility index (Phi) is 2.05. The third kappa shape index (κ3) is 1.45. The van der Waals surface area contributed by atoms with Crippen LogP contribution in [0, 0.1) is 12.3 Å². The zero-order valence-electron chi connectivity index (χ0n) is 10.6. The SMILES string of the molecule is Cc1cc(Cl)n2ncnc(N3CC4(CC(=O)C4)C3)c12. The molecule has 0 N–H and O–H groups in total. The van der Waals surface area contributed by atoms with E-state index in [0.717, 1.165) is 42.8 Å². The normalized spacial score (nSPS) is 20.7. The summed E-state index contributed by atoms with van der Waals surface area (Å²) >= 11 is 6.14. The number of aryl methyl sites for hydroxylation is 1. The molecule has 0 amide bonds. The van der Waals surface area contributed by atoms with Crippen LogP contribution >= 0.6 is 11.6 Å². The van der Waals surface area contributed by atoms with Crippen LogP contribution in [0.25, 0.3) is 5.52 Å². The second-order valence-electron chi connectivity index (χ2n) is 5.74. The third-order valence-electron chi connectivity index (χ3n) is 4.18. The monoisotopic (exact) mass is 276 g/mol. The lowest BCUT2D eigenvalue weighted by Gasteiger charge is -2.55. The molecule has 3 heterocycles. The largest absolute Gasteiger partial charge is 0.353 e. The average molecular weight is 277 g/mol. The smallest absolute Gasteiger partial charge is 0.156 e. The van der Waals surface area contributed by atoms with Crippen molar-refractivity contribution in [1.29, 1.82) is 0 Å². The Bertz CT molecular complexity index is 692. The average Bonchev–Trinajstić information content (AvgIpc) is 2.58. The molecular weight excluding hydrogens is 264 g/mol. The molecule has 2 fully saturated rings. The summed E-state index contributed by atoms with van der Waals surface area (Å²) in [7, 11) is 0. The van der Waals surface area contributed by atoms with Crippen molar-refractivity contribution in [2.75, 3.05) is 18.0 Å². The van der Waals surface area contributed by atoms with E-state index in [9.17, 15) is 4.79 Å². The molecule has 0 bridgehead atoms. The molecule has 0 radical (unpaired) electrons. The molecule has 0 unspecified atom stereocenters. The maximum absolute atomic E-state index is 11.2. The molecule has 2 aromatic heterocycles. The zero-order valence-corrected chi connectivity index (χ0v) is 11.3. The van der Waals surface area contributed by atoms with Crippen molar-refractivity contribution >= 4 is 28.7 Å². The van der Waals surface area contributed by atoms with Crippen LogP contribution in [0.4, 0.5) is 5.82 Å². The number of hydrogen-bond donors (Lipinski definition) is 0. The first kappa shape index (κ1) is 11.2. The molecular formula is C13H13ClN4O. The van der Waals surface area contributed by atoms with E-state index in [4.69, 9.17) is 11.6 Å². The summed E-state index contributed by atoms with van der Waals surface area (Å²) in [4.78, 5) is 17.8. The molecule has 1 spiro atoms. The van der Waals surface area contributed by atoms with Crippen LogP contribution in [0.2, 0.25) is 5.15 Å². The van der Waals surface area contributed by atoms with Gasteiger partial charge < -0.3 is 4.90 Å². The summed E-state index contributed by atoms with van der Waals surface area (Å²) in [5.41, 5.74) is 2.27. The number of halogens is 1. The fourth-order valence-electron chi connectivity index (χ4n) is 3.31. The van der Waals surface area contributed by atoms with Crippen LogP contribution in [0.15, 0.2) is 12.4 Å². The van der Waals surface area contributed by atoms with Gasteiger partial charge in [-0.2, -0.15) is 5.10 Å². The Hall–Kier alpha value is -1.62. The molecule has 6 heteroatoms. The van der Waals surface area contributed by atoms with E-state index in [1.165, 1.54) is 6.33 Å². The van der Waals surface area contributed by atoms with Gasteiger partial charge in [0.2, 0.25) is 0 Å². The number of anilines is 1. The highest BCUT2D eigenvalue weighted by molar-refractivity contribution is 6.30. The number of rotatable bonds is 1. The minimum absolute atomic E-state index is 0.226. The van der Waals surface area contributed by atoms with Gasteiger partial charge in [-0.1, -0.05) is 11.6 Å². The van der Waals surface area contributed by atoms with Gasteiger partial charge in [-0.15, -0.1) is 0 Å². The summed E-state index contributed by atoms with van der Waals surface area (Å²) in [6, 6.07) is 1.90. The maximum atomic E-state index is 11.2. The number of fused-ring (bicyclic) bond motifs is 1. The molecule has 0 atom stereocenters. The lowest BCUT2D eigenvalue weighted by Crippen LogP contribution is -2.63. The molecule has 19 heavy (non-hydrogen) atoms. The molecule has 0 aromatic carbocycles. The first-order chi connectivity index (χ1) is 9.08. The lowest BCUT2D eigenvalue weighted by atomic mass is 9.63. The van der Waals surface area contributed by atoms with Crippen molar-refractivity contribution < 1.29 is 4.79 Å². The van der Waals surface area contributed by atoms with Gasteiger partial charge >= 0.3 is 0 Å². The Labute approximate surface area is 115 Å². The second-order valence-corrected chi connectivity index (χ2v) is 6.13. The number of hydrogen-bond acceptors (Lipinski definition) is 4. The van der Waals surface area contributed by atoms with Gasteiger partial charge in [-0.05, 0) is 18.6 Å². The molecule has 1 saturated carbocycles. The van der Waals surface area contributed by atoms with Crippen molar-refractivity contribution in [3.63, 3.8) is 0 Å². The number of aromatic nitrogens is 3. The van der Waals surface area contributed by atoms with Gasteiger partial charge in [0, 0.05) is 31.3 Å². The Balaban J connectivity index is 1.71. The summed E-state index contributed by atoms with van der Waals surface area (Å²) < 4.78 is 1.72. The number of Topliss-reactive ketones (excluding diaryl/α,β-unsaturated/α-hetero) is 1. The zero-order chi connectivity index (χ0) is 13.2. The summed E-state index contributed by atoms with van der Waals surface area (Å²) in [6.45, 7) is 3.83. The highest BCUT2D eigenvalue weighted by atomic mass is 35.5. The van der Waals surface area contributed by atoms with Gasteiger partial charge in [0.25, 0.3) is 0 Å². The van der Waals surface area contributed by atoms with Crippen molar-refractivity contribution in [3.8, 4) is 0 Å². The Morgan fingerprint density at radius 2 is 2.11 bits per heavy atom. The van der Waals surface area contributed by atoms with Gasteiger partial charge in [0.15, 0.2) is 5.82 Å². The van der Waals surface area contributed by atoms with Crippen LogP contribution < -0.4 is 4.90 Å². The quantitative estimate of drug-likeness (QED) is 0.798. The number of carbonyl (C=O) groups is 1. The van der Waals surface area contributed by atoms with E-state index < -0.39 is 0 Å². The topological polar surface area (TPSA) is 50.5 Å². The van der Waals surface area contributed by atoms with Crippen molar-refractivity contribution in [3.05, 3.63) is 23.1 Å². The van der Waals surface area contributed by atoms with Gasteiger partial charge in [0.05, 0.1) is 0 Å². The molecule has 2 aliphatic rings. The third-order valence-corrected chi connectivity index (χ3v) is 4.45. The lowest BCUT2D eigenvalue weighted by molar-refractivity contribution is -0.134. The molecule has 1 aliphatic heterocycles. The van der Waals surface area contributed by atoms with Gasteiger partial charge in [-0.3, -0.25) is 4.79 Å². The summed E-state index contributed by atoms with van der Waals surface area (Å²) in [6.07, 6.45) is 2.99. The minimum Gasteiger partial charge on any atom is -0.353 e. The standard InChI is InChI=1S/C13H13ClN4O/c1-8-2-10(14)18-11(8)12(15-7-16-18)17-5-13(6-17)3-9(19)4-13/h2,7H,3-6H2,1H3. The predicted molar refractivity (Wildman–Crippen MR) is 71.6 cm³/mol. The summed E-state index contributed by atoms with van der Waals surface area (Å²) in [5.74, 6) is 1.30. The van der Waals surface area contributed by atoms with Crippen LogP contribution in [0.5, 0.6) is 0 Å².